The van der Waals surface area contributed by atoms with Crippen LogP contribution in [0, 0.1) is 0 Å². The van der Waals surface area contributed by atoms with Crippen LogP contribution < -0.4 is 20.3 Å². The summed E-state index contributed by atoms with van der Waals surface area (Å²) in [6.45, 7) is 6.02. The zero-order valence-electron chi connectivity index (χ0n) is 15.4. The van der Waals surface area contributed by atoms with E-state index in [9.17, 15) is 8.42 Å². The molecule has 1 atom stereocenters. The highest BCUT2D eigenvalue weighted by molar-refractivity contribution is 7.88. The fraction of sp³-hybridized carbons (Fsp3) is 0.588. The second-order valence-corrected chi connectivity index (χ2v) is 8.84. The van der Waals surface area contributed by atoms with Gasteiger partial charge in [-0.1, -0.05) is 18.2 Å². The SMILES string of the molecule is CN=C(NCC(C)(C)NS(C)(=O)=O)NC1CCN(c2ccccc2)C1. The predicted molar refractivity (Wildman–Crippen MR) is 104 cm³/mol. The third-order valence-corrected chi connectivity index (χ3v) is 4.96. The maximum atomic E-state index is 11.4. The summed E-state index contributed by atoms with van der Waals surface area (Å²) in [5, 5.41) is 6.63. The number of anilines is 1. The molecule has 0 aromatic heterocycles. The molecule has 8 heteroatoms. The van der Waals surface area contributed by atoms with Crippen LogP contribution in [-0.2, 0) is 10.0 Å². The lowest BCUT2D eigenvalue weighted by Gasteiger charge is -2.27. The van der Waals surface area contributed by atoms with Crippen LogP contribution in [0.25, 0.3) is 0 Å². The lowest BCUT2D eigenvalue weighted by Crippen LogP contribution is -2.54. The molecule has 25 heavy (non-hydrogen) atoms. The van der Waals surface area contributed by atoms with Gasteiger partial charge in [-0.25, -0.2) is 13.1 Å². The Kier molecular flexibility index (Phi) is 6.29. The molecule has 140 valence electrons. The first-order valence-corrected chi connectivity index (χ1v) is 10.3. The Morgan fingerprint density at radius 2 is 2.00 bits per heavy atom. The van der Waals surface area contributed by atoms with Gasteiger partial charge in [0.15, 0.2) is 5.96 Å². The number of sulfonamides is 1. The summed E-state index contributed by atoms with van der Waals surface area (Å²) >= 11 is 0. The van der Waals surface area contributed by atoms with Crippen LogP contribution in [0.2, 0.25) is 0 Å². The third-order valence-electron chi connectivity index (χ3n) is 4.03. The normalized spacial score (nSPS) is 19.1. The van der Waals surface area contributed by atoms with Gasteiger partial charge in [0, 0.05) is 44.0 Å². The number of hydrogen-bond acceptors (Lipinski definition) is 4. The number of aliphatic imine (C=N–C) groups is 1. The first kappa shape index (κ1) is 19.5. The van der Waals surface area contributed by atoms with E-state index in [1.165, 1.54) is 11.9 Å². The molecular weight excluding hydrogens is 338 g/mol. The average molecular weight is 368 g/mol. The predicted octanol–water partition coefficient (Wildman–Crippen LogP) is 0.758. The number of rotatable bonds is 6. The van der Waals surface area contributed by atoms with Crippen LogP contribution in [-0.4, -0.2) is 58.9 Å². The molecule has 1 aromatic carbocycles. The molecule has 1 aliphatic heterocycles. The van der Waals surface area contributed by atoms with E-state index >= 15 is 0 Å². The van der Waals surface area contributed by atoms with Gasteiger partial charge >= 0.3 is 0 Å². The van der Waals surface area contributed by atoms with E-state index in [1.54, 1.807) is 7.05 Å². The molecular formula is C17H29N5O2S. The van der Waals surface area contributed by atoms with Crippen molar-refractivity contribution in [3.63, 3.8) is 0 Å². The van der Waals surface area contributed by atoms with E-state index in [-0.39, 0.29) is 0 Å². The van der Waals surface area contributed by atoms with Gasteiger partial charge in [-0.2, -0.15) is 0 Å². The zero-order valence-corrected chi connectivity index (χ0v) is 16.2. The first-order chi connectivity index (χ1) is 11.7. The number of hydrogen-bond donors (Lipinski definition) is 3. The second-order valence-electron chi connectivity index (χ2n) is 7.10. The molecule has 1 fully saturated rings. The largest absolute Gasteiger partial charge is 0.369 e. The number of benzene rings is 1. The fourth-order valence-corrected chi connectivity index (χ4v) is 4.06. The summed E-state index contributed by atoms with van der Waals surface area (Å²) in [5.41, 5.74) is 0.630. The smallest absolute Gasteiger partial charge is 0.209 e. The maximum Gasteiger partial charge on any atom is 0.209 e. The fourth-order valence-electron chi connectivity index (χ4n) is 2.98. The van der Waals surface area contributed by atoms with E-state index in [1.807, 2.05) is 32.0 Å². The number of guanidine groups is 1. The Balaban J connectivity index is 1.85. The minimum absolute atomic E-state index is 0.303. The summed E-state index contributed by atoms with van der Waals surface area (Å²) < 4.78 is 25.5. The Bertz CT molecular complexity index is 688. The van der Waals surface area contributed by atoms with E-state index in [2.05, 4.69) is 37.4 Å². The molecule has 0 amide bonds. The molecule has 7 nitrogen and oxygen atoms in total. The standard InChI is InChI=1S/C17H29N5O2S/c1-17(2,21-25(4,23)24)13-19-16(18-3)20-14-10-11-22(12-14)15-8-6-5-7-9-15/h5-9,14,21H,10-13H2,1-4H3,(H2,18,19,20). The Labute approximate surface area is 151 Å². The van der Waals surface area contributed by atoms with Crippen molar-refractivity contribution in [1.29, 1.82) is 0 Å². The Morgan fingerprint density at radius 3 is 2.60 bits per heavy atom. The molecule has 0 bridgehead atoms. The van der Waals surface area contributed by atoms with Crippen molar-refractivity contribution in [1.82, 2.24) is 15.4 Å². The van der Waals surface area contributed by atoms with Crippen molar-refractivity contribution in [2.75, 3.05) is 37.8 Å². The molecule has 3 N–H and O–H groups in total. The van der Waals surface area contributed by atoms with Crippen LogP contribution in [0.15, 0.2) is 35.3 Å². The molecule has 0 saturated carbocycles. The summed E-state index contributed by atoms with van der Waals surface area (Å²) in [5.74, 6) is 0.684. The summed E-state index contributed by atoms with van der Waals surface area (Å²) in [6, 6.07) is 10.7. The Morgan fingerprint density at radius 1 is 1.32 bits per heavy atom. The minimum atomic E-state index is -3.25. The van der Waals surface area contributed by atoms with Gasteiger partial charge in [-0.05, 0) is 32.4 Å². The number of nitrogens with zero attached hydrogens (tertiary/aromatic N) is 2. The molecule has 1 unspecified atom stereocenters. The Hall–Kier alpha value is -1.80. The van der Waals surface area contributed by atoms with E-state index < -0.39 is 15.6 Å². The quantitative estimate of drug-likeness (QED) is 0.510. The van der Waals surface area contributed by atoms with Crippen molar-refractivity contribution in [2.24, 2.45) is 4.99 Å². The molecule has 1 aromatic rings. The number of nitrogens with one attached hydrogen (secondary N) is 3. The van der Waals surface area contributed by atoms with Crippen LogP contribution in [0.5, 0.6) is 0 Å². The lowest BCUT2D eigenvalue weighted by molar-refractivity contribution is 0.445. The van der Waals surface area contributed by atoms with Crippen LogP contribution >= 0.6 is 0 Å². The maximum absolute atomic E-state index is 11.4. The third kappa shape index (κ3) is 6.55. The van der Waals surface area contributed by atoms with Gasteiger partial charge in [-0.3, -0.25) is 4.99 Å². The summed E-state index contributed by atoms with van der Waals surface area (Å²) in [6.07, 6.45) is 2.19. The minimum Gasteiger partial charge on any atom is -0.369 e. The topological polar surface area (TPSA) is 85.8 Å². The molecule has 2 rings (SSSR count). The van der Waals surface area contributed by atoms with E-state index in [0.717, 1.165) is 19.5 Å². The van der Waals surface area contributed by atoms with Crippen LogP contribution in [0.3, 0.4) is 0 Å². The molecule has 0 spiro atoms. The highest BCUT2D eigenvalue weighted by Gasteiger charge is 2.25. The van der Waals surface area contributed by atoms with Crippen LogP contribution in [0.1, 0.15) is 20.3 Å². The van der Waals surface area contributed by atoms with Gasteiger partial charge in [0.05, 0.1) is 6.26 Å². The van der Waals surface area contributed by atoms with Gasteiger partial charge in [-0.15, -0.1) is 0 Å². The number of para-hydroxylation sites is 1. The molecule has 0 aliphatic carbocycles. The molecule has 1 saturated heterocycles. The van der Waals surface area contributed by atoms with E-state index in [4.69, 9.17) is 0 Å². The van der Waals surface area contributed by atoms with Crippen LogP contribution in [0.4, 0.5) is 5.69 Å². The second kappa shape index (κ2) is 8.05. The van der Waals surface area contributed by atoms with Crippen molar-refractivity contribution in [3.05, 3.63) is 30.3 Å². The van der Waals surface area contributed by atoms with Crippen molar-refractivity contribution in [3.8, 4) is 0 Å². The summed E-state index contributed by atoms with van der Waals surface area (Å²) in [7, 11) is -1.54. The first-order valence-electron chi connectivity index (χ1n) is 8.45. The van der Waals surface area contributed by atoms with Gasteiger partial charge in [0.1, 0.15) is 0 Å². The van der Waals surface area contributed by atoms with Crippen molar-refractivity contribution < 1.29 is 8.42 Å². The van der Waals surface area contributed by atoms with Crippen molar-refractivity contribution in [2.45, 2.75) is 31.8 Å². The highest BCUT2D eigenvalue weighted by Crippen LogP contribution is 2.19. The lowest BCUT2D eigenvalue weighted by atomic mass is 10.1. The molecule has 0 radical (unpaired) electrons. The van der Waals surface area contributed by atoms with Crippen molar-refractivity contribution >= 4 is 21.7 Å². The monoisotopic (exact) mass is 367 g/mol. The van der Waals surface area contributed by atoms with Gasteiger partial charge < -0.3 is 15.5 Å². The van der Waals surface area contributed by atoms with E-state index in [0.29, 0.717) is 18.5 Å². The molecule has 1 aliphatic rings. The summed E-state index contributed by atoms with van der Waals surface area (Å²) in [4.78, 5) is 6.59. The zero-order chi connectivity index (χ0) is 18.5. The molecule has 1 heterocycles. The van der Waals surface area contributed by atoms with Gasteiger partial charge in [0.2, 0.25) is 10.0 Å². The highest BCUT2D eigenvalue weighted by atomic mass is 32.2. The average Bonchev–Trinajstić information content (AvgIpc) is 2.98. The van der Waals surface area contributed by atoms with Gasteiger partial charge in [0.25, 0.3) is 0 Å².